The highest BCUT2D eigenvalue weighted by Gasteiger charge is 2.29. The molecule has 1 aromatic heterocycles. The summed E-state index contributed by atoms with van der Waals surface area (Å²) in [6, 6.07) is 16.2. The van der Waals surface area contributed by atoms with Crippen LogP contribution in [0.15, 0.2) is 64.1 Å². The molecule has 1 N–H and O–H groups in total. The van der Waals surface area contributed by atoms with Crippen LogP contribution in [-0.2, 0) is 6.42 Å². The third-order valence-electron chi connectivity index (χ3n) is 5.15. The van der Waals surface area contributed by atoms with Crippen LogP contribution in [0, 0.1) is 13.8 Å². The Morgan fingerprint density at radius 2 is 1.73 bits per heavy atom. The first-order valence-electron chi connectivity index (χ1n) is 9.87. The standard InChI is InChI=1S/C24H22N2O4/c1-15-9-6-7-12-18(15)23(27)26-25-19-13-8-14-20-21(19)16(2)22(30-20)24(28)29-17-10-4-3-5-11-17/h3-7,9-12H,8,13-14H2,1-2H3,(H,26,27)/b25-19+. The number of carbonyl (C=O) groups excluding carboxylic acids is 2. The minimum Gasteiger partial charge on any atom is -0.453 e. The fraction of sp³-hybridized carbons (Fsp3) is 0.208. The number of aryl methyl sites for hydroxylation is 2. The molecular formula is C24H22N2O4. The number of fused-ring (bicyclic) bond motifs is 1. The molecule has 0 fully saturated rings. The number of amides is 1. The summed E-state index contributed by atoms with van der Waals surface area (Å²) in [6.07, 6.45) is 2.22. The van der Waals surface area contributed by atoms with Gasteiger partial charge in [-0.25, -0.2) is 10.2 Å². The third kappa shape index (κ3) is 3.89. The summed E-state index contributed by atoms with van der Waals surface area (Å²) in [5, 5.41) is 4.36. The van der Waals surface area contributed by atoms with Gasteiger partial charge in [-0.3, -0.25) is 4.79 Å². The molecule has 1 amide bonds. The number of carbonyl (C=O) groups is 2. The highest BCUT2D eigenvalue weighted by molar-refractivity contribution is 6.07. The van der Waals surface area contributed by atoms with Crippen molar-refractivity contribution in [3.63, 3.8) is 0 Å². The van der Waals surface area contributed by atoms with E-state index in [0.29, 0.717) is 41.2 Å². The smallest absolute Gasteiger partial charge is 0.379 e. The van der Waals surface area contributed by atoms with E-state index in [1.165, 1.54) is 0 Å². The maximum atomic E-state index is 12.6. The monoisotopic (exact) mass is 402 g/mol. The van der Waals surface area contributed by atoms with Gasteiger partial charge in [-0.05, 0) is 50.5 Å². The van der Waals surface area contributed by atoms with Crippen LogP contribution in [0.4, 0.5) is 0 Å². The van der Waals surface area contributed by atoms with Gasteiger partial charge in [0.25, 0.3) is 5.91 Å². The number of para-hydroxylation sites is 1. The summed E-state index contributed by atoms with van der Waals surface area (Å²) in [5.41, 5.74) is 6.27. The zero-order valence-electron chi connectivity index (χ0n) is 16.9. The van der Waals surface area contributed by atoms with Crippen molar-refractivity contribution in [3.8, 4) is 5.75 Å². The number of nitrogens with zero attached hydrogens (tertiary/aromatic N) is 1. The van der Waals surface area contributed by atoms with Crippen molar-refractivity contribution in [1.29, 1.82) is 0 Å². The van der Waals surface area contributed by atoms with Gasteiger partial charge >= 0.3 is 5.97 Å². The molecule has 0 saturated carbocycles. The van der Waals surface area contributed by atoms with Gasteiger partial charge in [-0.15, -0.1) is 0 Å². The fourth-order valence-corrected chi connectivity index (χ4v) is 3.62. The van der Waals surface area contributed by atoms with Crippen LogP contribution in [0.3, 0.4) is 0 Å². The molecular weight excluding hydrogens is 380 g/mol. The van der Waals surface area contributed by atoms with Crippen molar-refractivity contribution in [1.82, 2.24) is 5.43 Å². The van der Waals surface area contributed by atoms with Crippen molar-refractivity contribution < 1.29 is 18.7 Å². The van der Waals surface area contributed by atoms with Crippen LogP contribution in [-0.4, -0.2) is 17.6 Å². The zero-order valence-corrected chi connectivity index (χ0v) is 16.9. The number of nitrogens with one attached hydrogen (secondary N) is 1. The summed E-state index contributed by atoms with van der Waals surface area (Å²) in [5.74, 6) is 0.510. The number of hydrogen-bond donors (Lipinski definition) is 1. The number of benzene rings is 2. The quantitative estimate of drug-likeness (QED) is 0.393. The van der Waals surface area contributed by atoms with Crippen LogP contribution < -0.4 is 10.2 Å². The molecule has 0 spiro atoms. The fourth-order valence-electron chi connectivity index (χ4n) is 3.62. The summed E-state index contributed by atoms with van der Waals surface area (Å²) >= 11 is 0. The molecule has 1 aliphatic rings. The predicted molar refractivity (Wildman–Crippen MR) is 113 cm³/mol. The maximum absolute atomic E-state index is 12.6. The van der Waals surface area contributed by atoms with Crippen molar-refractivity contribution in [2.75, 3.05) is 0 Å². The van der Waals surface area contributed by atoms with Crippen LogP contribution in [0.1, 0.15) is 56.2 Å². The Balaban J connectivity index is 1.58. The Bertz CT molecular complexity index is 1130. The molecule has 0 unspecified atom stereocenters. The summed E-state index contributed by atoms with van der Waals surface area (Å²) in [4.78, 5) is 25.1. The number of esters is 1. The second-order valence-corrected chi connectivity index (χ2v) is 7.22. The van der Waals surface area contributed by atoms with E-state index in [1.54, 1.807) is 30.3 Å². The molecule has 4 rings (SSSR count). The normalized spacial score (nSPS) is 14.3. The second kappa shape index (κ2) is 8.37. The van der Waals surface area contributed by atoms with Gasteiger partial charge in [0.2, 0.25) is 5.76 Å². The SMILES string of the molecule is Cc1ccccc1C(=O)N/N=C1\CCCc2oc(C(=O)Oc3ccccc3)c(C)c21. The van der Waals surface area contributed by atoms with E-state index in [9.17, 15) is 9.59 Å². The molecule has 1 aliphatic carbocycles. The van der Waals surface area contributed by atoms with E-state index in [-0.39, 0.29) is 11.7 Å². The second-order valence-electron chi connectivity index (χ2n) is 7.22. The molecule has 2 aromatic carbocycles. The molecule has 3 aromatic rings. The number of hydrazone groups is 1. The lowest BCUT2D eigenvalue weighted by molar-refractivity contribution is 0.0698. The first kappa shape index (κ1) is 19.6. The van der Waals surface area contributed by atoms with Gasteiger partial charge in [0.05, 0.1) is 5.71 Å². The number of furan rings is 1. The lowest BCUT2D eigenvalue weighted by Gasteiger charge is -2.13. The van der Waals surface area contributed by atoms with Gasteiger partial charge in [0.15, 0.2) is 0 Å². The van der Waals surface area contributed by atoms with E-state index >= 15 is 0 Å². The Morgan fingerprint density at radius 1 is 1.00 bits per heavy atom. The first-order chi connectivity index (χ1) is 14.5. The van der Waals surface area contributed by atoms with E-state index in [4.69, 9.17) is 9.15 Å². The topological polar surface area (TPSA) is 80.9 Å². The van der Waals surface area contributed by atoms with Gasteiger partial charge in [-0.2, -0.15) is 5.10 Å². The largest absolute Gasteiger partial charge is 0.453 e. The predicted octanol–water partition coefficient (Wildman–Crippen LogP) is 4.59. The first-order valence-corrected chi connectivity index (χ1v) is 9.87. The van der Waals surface area contributed by atoms with Gasteiger partial charge < -0.3 is 9.15 Å². The molecule has 152 valence electrons. The molecule has 0 aliphatic heterocycles. The number of hydrogen-bond acceptors (Lipinski definition) is 5. The molecule has 30 heavy (non-hydrogen) atoms. The summed E-state index contributed by atoms with van der Waals surface area (Å²) in [7, 11) is 0. The van der Waals surface area contributed by atoms with Crippen molar-refractivity contribution in [2.24, 2.45) is 5.10 Å². The minimum absolute atomic E-state index is 0.170. The average molecular weight is 402 g/mol. The van der Waals surface area contributed by atoms with Gasteiger partial charge in [0.1, 0.15) is 11.5 Å². The lowest BCUT2D eigenvalue weighted by atomic mass is 9.93. The Labute approximate surface area is 174 Å². The Hall–Kier alpha value is -3.67. The van der Waals surface area contributed by atoms with Gasteiger partial charge in [0, 0.05) is 23.1 Å². The molecule has 0 bridgehead atoms. The van der Waals surface area contributed by atoms with E-state index in [1.807, 2.05) is 38.1 Å². The molecule has 0 saturated heterocycles. The van der Waals surface area contributed by atoms with E-state index in [0.717, 1.165) is 17.5 Å². The zero-order chi connectivity index (χ0) is 21.1. The Kier molecular flexibility index (Phi) is 5.48. The molecule has 0 radical (unpaired) electrons. The van der Waals surface area contributed by atoms with Crippen LogP contribution in [0.25, 0.3) is 0 Å². The summed E-state index contributed by atoms with van der Waals surface area (Å²) in [6.45, 7) is 3.69. The molecule has 6 nitrogen and oxygen atoms in total. The minimum atomic E-state index is -0.545. The average Bonchev–Trinajstić information content (AvgIpc) is 3.10. The van der Waals surface area contributed by atoms with E-state index < -0.39 is 5.97 Å². The Morgan fingerprint density at radius 3 is 2.50 bits per heavy atom. The lowest BCUT2D eigenvalue weighted by Crippen LogP contribution is -2.22. The van der Waals surface area contributed by atoms with Crippen molar-refractivity contribution in [2.45, 2.75) is 33.1 Å². The van der Waals surface area contributed by atoms with Crippen LogP contribution in [0.2, 0.25) is 0 Å². The number of rotatable bonds is 4. The molecule has 1 heterocycles. The summed E-state index contributed by atoms with van der Waals surface area (Å²) < 4.78 is 11.3. The van der Waals surface area contributed by atoms with Crippen molar-refractivity contribution >= 4 is 17.6 Å². The van der Waals surface area contributed by atoms with Gasteiger partial charge in [-0.1, -0.05) is 36.4 Å². The number of ether oxygens (including phenoxy) is 1. The van der Waals surface area contributed by atoms with Crippen molar-refractivity contribution in [3.05, 3.63) is 88.4 Å². The highest BCUT2D eigenvalue weighted by Crippen LogP contribution is 2.30. The van der Waals surface area contributed by atoms with Crippen LogP contribution >= 0.6 is 0 Å². The van der Waals surface area contributed by atoms with Crippen LogP contribution in [0.5, 0.6) is 5.75 Å². The highest BCUT2D eigenvalue weighted by atomic mass is 16.5. The molecule has 6 heteroatoms. The maximum Gasteiger partial charge on any atom is 0.379 e. The van der Waals surface area contributed by atoms with E-state index in [2.05, 4.69) is 10.5 Å². The molecule has 0 atom stereocenters. The third-order valence-corrected chi connectivity index (χ3v) is 5.15.